The van der Waals surface area contributed by atoms with Crippen molar-refractivity contribution in [3.8, 4) is 11.1 Å². The average Bonchev–Trinajstić information content (AvgIpc) is 3.30. The molecule has 0 bridgehead atoms. The van der Waals surface area contributed by atoms with Crippen LogP contribution >= 0.6 is 0 Å². The molecule has 1 fully saturated rings. The third-order valence-corrected chi connectivity index (χ3v) is 5.29. The number of aromatic nitrogens is 1. The van der Waals surface area contributed by atoms with Crippen molar-refractivity contribution in [3.05, 3.63) is 72.4 Å². The maximum absolute atomic E-state index is 12.7. The lowest BCUT2D eigenvalue weighted by Crippen LogP contribution is -2.39. The molecular weight excluding hydrogens is 408 g/mol. The van der Waals surface area contributed by atoms with Gasteiger partial charge >= 0.3 is 0 Å². The number of para-hydroxylation sites is 1. The van der Waals surface area contributed by atoms with Crippen LogP contribution in [0.2, 0.25) is 0 Å². The van der Waals surface area contributed by atoms with Crippen LogP contribution in [0.25, 0.3) is 11.1 Å². The van der Waals surface area contributed by atoms with Gasteiger partial charge in [0.1, 0.15) is 11.9 Å². The molecule has 2 heterocycles. The van der Waals surface area contributed by atoms with Crippen molar-refractivity contribution in [3.63, 3.8) is 0 Å². The SMILES string of the molecule is NC(=O)C1OCCC1C(=O)Nc1cc(-c2cc(CO)cc(Nc3ccccc3)c2)ccn1. The van der Waals surface area contributed by atoms with E-state index in [2.05, 4.69) is 15.6 Å². The Morgan fingerprint density at radius 1 is 1.06 bits per heavy atom. The van der Waals surface area contributed by atoms with E-state index >= 15 is 0 Å². The number of nitrogens with two attached hydrogens (primary N) is 1. The summed E-state index contributed by atoms with van der Waals surface area (Å²) in [6.45, 7) is 0.201. The standard InChI is InChI=1S/C24H24N4O4/c25-23(30)22-20(7-9-32-22)24(31)28-21-13-16(6-8-26-21)17-10-15(14-29)11-19(12-17)27-18-4-2-1-3-5-18/h1-6,8,10-13,20,22,27,29H,7,9,14H2,(H2,25,30)(H,26,28,31). The molecule has 1 aliphatic heterocycles. The number of nitrogens with one attached hydrogen (secondary N) is 2. The third-order valence-electron chi connectivity index (χ3n) is 5.29. The molecule has 2 amide bonds. The number of aliphatic hydroxyl groups is 1. The fourth-order valence-electron chi connectivity index (χ4n) is 3.75. The molecule has 1 saturated heterocycles. The Kier molecular flexibility index (Phi) is 6.44. The highest BCUT2D eigenvalue weighted by Crippen LogP contribution is 2.29. The van der Waals surface area contributed by atoms with Crippen molar-refractivity contribution in [2.24, 2.45) is 11.7 Å². The Labute approximate surface area is 185 Å². The second-order valence-electron chi connectivity index (χ2n) is 7.58. The molecule has 164 valence electrons. The Morgan fingerprint density at radius 3 is 2.62 bits per heavy atom. The van der Waals surface area contributed by atoms with E-state index in [4.69, 9.17) is 10.5 Å². The minimum absolute atomic E-state index is 0.109. The van der Waals surface area contributed by atoms with Gasteiger partial charge in [0.2, 0.25) is 11.8 Å². The molecule has 1 aromatic heterocycles. The summed E-state index contributed by atoms with van der Waals surface area (Å²) in [6.07, 6.45) is 1.09. The number of benzene rings is 2. The second-order valence-corrected chi connectivity index (χ2v) is 7.58. The number of nitrogens with zero attached hydrogens (tertiary/aromatic N) is 1. The summed E-state index contributed by atoms with van der Waals surface area (Å²) in [7, 11) is 0. The smallest absolute Gasteiger partial charge is 0.247 e. The lowest BCUT2D eigenvalue weighted by molar-refractivity contribution is -0.133. The quantitative estimate of drug-likeness (QED) is 0.455. The zero-order valence-electron chi connectivity index (χ0n) is 17.3. The normalized spacial score (nSPS) is 17.7. The second kappa shape index (κ2) is 9.59. The van der Waals surface area contributed by atoms with Gasteiger partial charge in [-0.05, 0) is 65.6 Å². The molecule has 3 aromatic rings. The topological polar surface area (TPSA) is 127 Å². The molecule has 5 N–H and O–H groups in total. The molecule has 8 heteroatoms. The molecule has 0 saturated carbocycles. The number of aliphatic hydroxyl groups excluding tert-OH is 1. The van der Waals surface area contributed by atoms with E-state index in [1.165, 1.54) is 0 Å². The van der Waals surface area contributed by atoms with Gasteiger partial charge in [0.05, 0.1) is 12.5 Å². The summed E-state index contributed by atoms with van der Waals surface area (Å²) in [5.74, 6) is -1.29. The summed E-state index contributed by atoms with van der Waals surface area (Å²) in [4.78, 5) is 28.4. The van der Waals surface area contributed by atoms with E-state index < -0.39 is 17.9 Å². The Balaban J connectivity index is 1.56. The first kappa shape index (κ1) is 21.5. The average molecular weight is 432 g/mol. The van der Waals surface area contributed by atoms with Gasteiger partial charge in [-0.3, -0.25) is 9.59 Å². The molecule has 32 heavy (non-hydrogen) atoms. The van der Waals surface area contributed by atoms with Crippen LogP contribution in [0.4, 0.5) is 17.2 Å². The highest BCUT2D eigenvalue weighted by atomic mass is 16.5. The Bertz CT molecular complexity index is 1120. The van der Waals surface area contributed by atoms with Gasteiger partial charge in [-0.1, -0.05) is 18.2 Å². The third kappa shape index (κ3) is 4.93. The van der Waals surface area contributed by atoms with Crippen molar-refractivity contribution < 1.29 is 19.4 Å². The zero-order valence-corrected chi connectivity index (χ0v) is 17.3. The fourth-order valence-corrected chi connectivity index (χ4v) is 3.75. The van der Waals surface area contributed by atoms with E-state index in [0.717, 1.165) is 28.1 Å². The summed E-state index contributed by atoms with van der Waals surface area (Å²) in [5, 5.41) is 15.8. The van der Waals surface area contributed by atoms with Gasteiger partial charge in [-0.2, -0.15) is 0 Å². The van der Waals surface area contributed by atoms with Gasteiger partial charge in [0.15, 0.2) is 0 Å². The summed E-state index contributed by atoms with van der Waals surface area (Å²) in [5.41, 5.74) is 9.50. The number of rotatable bonds is 7. The van der Waals surface area contributed by atoms with Gasteiger partial charge in [-0.15, -0.1) is 0 Å². The summed E-state index contributed by atoms with van der Waals surface area (Å²) in [6, 6.07) is 19.0. The van der Waals surface area contributed by atoms with Crippen LogP contribution in [0.15, 0.2) is 66.9 Å². The van der Waals surface area contributed by atoms with E-state index in [-0.39, 0.29) is 12.5 Å². The summed E-state index contributed by atoms with van der Waals surface area (Å²) < 4.78 is 5.28. The van der Waals surface area contributed by atoms with Crippen molar-refractivity contribution in [2.45, 2.75) is 19.1 Å². The van der Waals surface area contributed by atoms with E-state index in [9.17, 15) is 14.7 Å². The fraction of sp³-hybridized carbons (Fsp3) is 0.208. The summed E-state index contributed by atoms with van der Waals surface area (Å²) >= 11 is 0. The molecule has 0 radical (unpaired) electrons. The van der Waals surface area contributed by atoms with Crippen LogP contribution in [-0.2, 0) is 20.9 Å². The van der Waals surface area contributed by atoms with Crippen LogP contribution in [-0.4, -0.2) is 34.6 Å². The van der Waals surface area contributed by atoms with E-state index in [1.54, 1.807) is 12.3 Å². The molecular formula is C24H24N4O4. The predicted octanol–water partition coefficient (Wildman–Crippen LogP) is 2.81. The van der Waals surface area contributed by atoms with Crippen LogP contribution in [0, 0.1) is 5.92 Å². The number of ether oxygens (including phenoxy) is 1. The van der Waals surface area contributed by atoms with Crippen LogP contribution in [0.1, 0.15) is 12.0 Å². The maximum Gasteiger partial charge on any atom is 0.247 e. The minimum atomic E-state index is -0.925. The van der Waals surface area contributed by atoms with Crippen LogP contribution < -0.4 is 16.4 Å². The largest absolute Gasteiger partial charge is 0.392 e. The first-order chi connectivity index (χ1) is 15.5. The highest BCUT2D eigenvalue weighted by molar-refractivity contribution is 5.96. The zero-order chi connectivity index (χ0) is 22.5. The van der Waals surface area contributed by atoms with E-state index in [0.29, 0.717) is 18.8 Å². The molecule has 0 aliphatic carbocycles. The number of hydrogen-bond donors (Lipinski definition) is 4. The molecule has 2 atom stereocenters. The van der Waals surface area contributed by atoms with E-state index in [1.807, 2.05) is 54.6 Å². The molecule has 2 aromatic carbocycles. The molecule has 8 nitrogen and oxygen atoms in total. The van der Waals surface area contributed by atoms with Crippen molar-refractivity contribution in [1.82, 2.24) is 4.98 Å². The number of hydrogen-bond acceptors (Lipinski definition) is 6. The highest BCUT2D eigenvalue weighted by Gasteiger charge is 2.38. The number of carbonyl (C=O) groups is 2. The van der Waals surface area contributed by atoms with Crippen molar-refractivity contribution in [1.29, 1.82) is 0 Å². The minimum Gasteiger partial charge on any atom is -0.392 e. The number of pyridine rings is 1. The maximum atomic E-state index is 12.7. The van der Waals surface area contributed by atoms with Crippen molar-refractivity contribution in [2.75, 3.05) is 17.2 Å². The predicted molar refractivity (Wildman–Crippen MR) is 121 cm³/mol. The van der Waals surface area contributed by atoms with Crippen molar-refractivity contribution >= 4 is 29.0 Å². The van der Waals surface area contributed by atoms with Gasteiger partial charge < -0.3 is 26.2 Å². The number of amides is 2. The van der Waals surface area contributed by atoms with Gasteiger partial charge in [0.25, 0.3) is 0 Å². The lowest BCUT2D eigenvalue weighted by Gasteiger charge is -2.15. The Hall–Kier alpha value is -3.75. The molecule has 4 rings (SSSR count). The Morgan fingerprint density at radius 2 is 1.88 bits per heavy atom. The van der Waals surface area contributed by atoms with Gasteiger partial charge in [-0.25, -0.2) is 4.98 Å². The van der Waals surface area contributed by atoms with Crippen LogP contribution in [0.5, 0.6) is 0 Å². The molecule has 2 unspecified atom stereocenters. The lowest BCUT2D eigenvalue weighted by atomic mass is 10.00. The van der Waals surface area contributed by atoms with Gasteiger partial charge in [0, 0.05) is 24.2 Å². The molecule has 0 spiro atoms. The number of carbonyl (C=O) groups excluding carboxylic acids is 2. The molecule has 1 aliphatic rings. The first-order valence-electron chi connectivity index (χ1n) is 10.3. The monoisotopic (exact) mass is 432 g/mol. The first-order valence-corrected chi connectivity index (χ1v) is 10.3. The number of primary amides is 1. The van der Waals surface area contributed by atoms with Crippen LogP contribution in [0.3, 0.4) is 0 Å². The number of anilines is 3.